The lowest BCUT2D eigenvalue weighted by molar-refractivity contribution is -0.116. The van der Waals surface area contributed by atoms with Crippen molar-refractivity contribution in [2.75, 3.05) is 12.4 Å². The van der Waals surface area contributed by atoms with Crippen LogP contribution in [-0.2, 0) is 11.2 Å². The van der Waals surface area contributed by atoms with Gasteiger partial charge in [-0.25, -0.2) is 0 Å². The second-order valence-electron chi connectivity index (χ2n) is 6.54. The Morgan fingerprint density at radius 3 is 2.64 bits per heavy atom. The van der Waals surface area contributed by atoms with E-state index < -0.39 is 0 Å². The van der Waals surface area contributed by atoms with Crippen molar-refractivity contribution in [2.45, 2.75) is 26.7 Å². The largest absolute Gasteiger partial charge is 0.355 e. The molecule has 28 heavy (non-hydrogen) atoms. The van der Waals surface area contributed by atoms with E-state index in [1.165, 1.54) is 0 Å². The van der Waals surface area contributed by atoms with Gasteiger partial charge in [-0.15, -0.1) is 0 Å². The van der Waals surface area contributed by atoms with Crippen molar-refractivity contribution in [1.82, 2.24) is 15.5 Å². The van der Waals surface area contributed by atoms with E-state index in [0.717, 1.165) is 16.7 Å². The number of aryl methyl sites for hydroxylation is 3. The smallest absolute Gasteiger partial charge is 0.251 e. The van der Waals surface area contributed by atoms with Gasteiger partial charge in [-0.2, -0.15) is 4.98 Å². The van der Waals surface area contributed by atoms with Crippen LogP contribution in [0.2, 0.25) is 0 Å². The fourth-order valence-electron chi connectivity index (χ4n) is 2.78. The first-order valence-corrected chi connectivity index (χ1v) is 8.98. The van der Waals surface area contributed by atoms with Gasteiger partial charge in [-0.1, -0.05) is 28.9 Å². The molecule has 0 saturated carbocycles. The molecule has 0 unspecified atom stereocenters. The maximum absolute atomic E-state index is 12.3. The third kappa shape index (κ3) is 4.62. The zero-order chi connectivity index (χ0) is 20.1. The molecule has 2 N–H and O–H groups in total. The summed E-state index contributed by atoms with van der Waals surface area (Å²) in [5, 5.41) is 9.41. The SMILES string of the molecule is CNC(=O)c1ccc(NC(=O)CCc2nc(-c3cccc(C)c3)no2)c(C)c1. The predicted octanol–water partition coefficient (Wildman–Crippen LogP) is 3.28. The normalized spacial score (nSPS) is 10.5. The molecular formula is C21H22N4O3. The van der Waals surface area contributed by atoms with Gasteiger partial charge in [0, 0.05) is 36.7 Å². The summed E-state index contributed by atoms with van der Waals surface area (Å²) in [5.74, 6) is 0.603. The summed E-state index contributed by atoms with van der Waals surface area (Å²) < 4.78 is 5.25. The molecule has 2 aromatic carbocycles. The van der Waals surface area contributed by atoms with Crippen molar-refractivity contribution in [3.8, 4) is 11.4 Å². The lowest BCUT2D eigenvalue weighted by atomic mass is 10.1. The Hall–Kier alpha value is -3.48. The van der Waals surface area contributed by atoms with Crippen molar-refractivity contribution in [3.63, 3.8) is 0 Å². The highest BCUT2D eigenvalue weighted by molar-refractivity contribution is 5.96. The van der Waals surface area contributed by atoms with Crippen molar-refractivity contribution >= 4 is 17.5 Å². The molecule has 0 atom stereocenters. The van der Waals surface area contributed by atoms with Gasteiger partial charge in [-0.05, 0) is 43.7 Å². The highest BCUT2D eigenvalue weighted by atomic mass is 16.5. The van der Waals surface area contributed by atoms with Crippen LogP contribution >= 0.6 is 0 Å². The first-order valence-electron chi connectivity index (χ1n) is 8.98. The van der Waals surface area contributed by atoms with Crippen molar-refractivity contribution in [3.05, 3.63) is 65.0 Å². The van der Waals surface area contributed by atoms with Crippen LogP contribution in [0, 0.1) is 13.8 Å². The molecule has 7 heteroatoms. The number of carbonyl (C=O) groups excluding carboxylic acids is 2. The fraction of sp³-hybridized carbons (Fsp3) is 0.238. The summed E-state index contributed by atoms with van der Waals surface area (Å²) in [6.45, 7) is 3.84. The quantitative estimate of drug-likeness (QED) is 0.686. The van der Waals surface area contributed by atoms with E-state index in [-0.39, 0.29) is 18.2 Å². The Morgan fingerprint density at radius 2 is 1.93 bits per heavy atom. The number of carbonyl (C=O) groups is 2. The van der Waals surface area contributed by atoms with Crippen molar-refractivity contribution in [1.29, 1.82) is 0 Å². The summed E-state index contributed by atoms with van der Waals surface area (Å²) in [4.78, 5) is 28.3. The van der Waals surface area contributed by atoms with Gasteiger partial charge in [0.1, 0.15) is 0 Å². The maximum Gasteiger partial charge on any atom is 0.251 e. The van der Waals surface area contributed by atoms with Gasteiger partial charge in [0.15, 0.2) is 0 Å². The molecule has 0 aliphatic carbocycles. The van der Waals surface area contributed by atoms with Crippen LogP contribution in [0.3, 0.4) is 0 Å². The molecule has 0 spiro atoms. The van der Waals surface area contributed by atoms with E-state index in [1.807, 2.05) is 38.1 Å². The topological polar surface area (TPSA) is 97.1 Å². The molecule has 0 aliphatic rings. The summed E-state index contributed by atoms with van der Waals surface area (Å²) in [7, 11) is 1.58. The third-order valence-electron chi connectivity index (χ3n) is 4.30. The average molecular weight is 378 g/mol. The zero-order valence-corrected chi connectivity index (χ0v) is 16.1. The first kappa shape index (κ1) is 19.3. The Kier molecular flexibility index (Phi) is 5.84. The third-order valence-corrected chi connectivity index (χ3v) is 4.30. The van der Waals surface area contributed by atoms with Crippen LogP contribution in [0.1, 0.15) is 33.8 Å². The Bertz CT molecular complexity index is 1010. The number of nitrogens with zero attached hydrogens (tertiary/aromatic N) is 2. The van der Waals surface area contributed by atoms with E-state index in [2.05, 4.69) is 20.8 Å². The van der Waals surface area contributed by atoms with Crippen LogP contribution in [0.15, 0.2) is 47.0 Å². The van der Waals surface area contributed by atoms with Crippen molar-refractivity contribution in [2.24, 2.45) is 0 Å². The number of rotatable bonds is 6. The summed E-state index contributed by atoms with van der Waals surface area (Å²) >= 11 is 0. The number of hydrogen-bond donors (Lipinski definition) is 2. The number of benzene rings is 2. The first-order chi connectivity index (χ1) is 13.5. The van der Waals surface area contributed by atoms with Gasteiger partial charge < -0.3 is 15.2 Å². The molecule has 0 bridgehead atoms. The Labute approximate surface area is 163 Å². The number of aromatic nitrogens is 2. The number of nitrogens with one attached hydrogen (secondary N) is 2. The molecule has 3 aromatic rings. The molecule has 0 fully saturated rings. The van der Waals surface area contributed by atoms with E-state index in [1.54, 1.807) is 25.2 Å². The van der Waals surface area contributed by atoms with Crippen LogP contribution in [-0.4, -0.2) is 29.0 Å². The standard InChI is InChI=1S/C21H22N4O3/c1-13-5-4-6-15(11-13)20-24-19(28-25-20)10-9-18(26)23-17-8-7-16(12-14(17)2)21(27)22-3/h4-8,11-12H,9-10H2,1-3H3,(H,22,27)(H,23,26). The molecular weight excluding hydrogens is 356 g/mol. The highest BCUT2D eigenvalue weighted by Crippen LogP contribution is 2.19. The molecule has 0 radical (unpaired) electrons. The van der Waals surface area contributed by atoms with Gasteiger partial charge >= 0.3 is 0 Å². The number of hydrogen-bond acceptors (Lipinski definition) is 5. The molecule has 1 heterocycles. The molecule has 0 aliphatic heterocycles. The molecule has 7 nitrogen and oxygen atoms in total. The second-order valence-corrected chi connectivity index (χ2v) is 6.54. The van der Waals surface area contributed by atoms with Gasteiger partial charge in [0.25, 0.3) is 5.91 Å². The molecule has 2 amide bonds. The predicted molar refractivity (Wildman–Crippen MR) is 106 cm³/mol. The van der Waals surface area contributed by atoms with Crippen LogP contribution in [0.4, 0.5) is 5.69 Å². The molecule has 144 valence electrons. The van der Waals surface area contributed by atoms with Gasteiger partial charge in [-0.3, -0.25) is 9.59 Å². The van der Waals surface area contributed by atoms with Gasteiger partial charge in [0.2, 0.25) is 17.6 Å². The minimum atomic E-state index is -0.165. The molecule has 1 aromatic heterocycles. The van der Waals surface area contributed by atoms with Crippen molar-refractivity contribution < 1.29 is 14.1 Å². The average Bonchev–Trinajstić information content (AvgIpc) is 3.16. The van der Waals surface area contributed by atoms with E-state index in [4.69, 9.17) is 4.52 Å². The second kappa shape index (κ2) is 8.47. The van der Waals surface area contributed by atoms with E-state index in [9.17, 15) is 9.59 Å². The molecule has 0 saturated heterocycles. The minimum Gasteiger partial charge on any atom is -0.355 e. The Balaban J connectivity index is 1.58. The van der Waals surface area contributed by atoms with E-state index in [0.29, 0.717) is 29.4 Å². The summed E-state index contributed by atoms with van der Waals surface area (Å²) in [6.07, 6.45) is 0.562. The minimum absolute atomic E-state index is 0.161. The van der Waals surface area contributed by atoms with Crippen LogP contribution < -0.4 is 10.6 Å². The lowest BCUT2D eigenvalue weighted by Gasteiger charge is -2.09. The maximum atomic E-state index is 12.3. The monoisotopic (exact) mass is 378 g/mol. The fourth-order valence-corrected chi connectivity index (χ4v) is 2.78. The van der Waals surface area contributed by atoms with Gasteiger partial charge in [0.05, 0.1) is 0 Å². The van der Waals surface area contributed by atoms with E-state index >= 15 is 0 Å². The molecule has 3 rings (SSSR count). The highest BCUT2D eigenvalue weighted by Gasteiger charge is 2.12. The summed E-state index contributed by atoms with van der Waals surface area (Å²) in [6, 6.07) is 13.0. The number of amides is 2. The number of anilines is 1. The van der Waals surface area contributed by atoms with Crippen LogP contribution in [0.5, 0.6) is 0 Å². The Morgan fingerprint density at radius 1 is 1.11 bits per heavy atom. The lowest BCUT2D eigenvalue weighted by Crippen LogP contribution is -2.18. The van der Waals surface area contributed by atoms with Crippen LogP contribution in [0.25, 0.3) is 11.4 Å². The summed E-state index contributed by atoms with van der Waals surface area (Å²) in [5.41, 5.74) is 4.03. The zero-order valence-electron chi connectivity index (χ0n) is 16.1.